The first-order valence-corrected chi connectivity index (χ1v) is 7.67. The molecule has 2 heterocycles. The molecular formula is C16H10ClN3S. The Morgan fingerprint density at radius 2 is 1.67 bits per heavy atom. The molecule has 102 valence electrons. The fourth-order valence-corrected chi connectivity index (χ4v) is 3.46. The number of nitrogens with one attached hydrogen (secondary N) is 1. The summed E-state index contributed by atoms with van der Waals surface area (Å²) in [5.74, 6) is 0. The van der Waals surface area contributed by atoms with Gasteiger partial charge in [-0.05, 0) is 23.9 Å². The molecule has 0 aliphatic heterocycles. The molecule has 0 aliphatic rings. The van der Waals surface area contributed by atoms with Crippen molar-refractivity contribution >= 4 is 45.0 Å². The fraction of sp³-hybridized carbons (Fsp3) is 0. The quantitative estimate of drug-likeness (QED) is 0.571. The van der Waals surface area contributed by atoms with Crippen molar-refractivity contribution in [1.29, 1.82) is 0 Å². The minimum Gasteiger partial charge on any atom is -0.349 e. The molecule has 0 saturated carbocycles. The first kappa shape index (κ1) is 12.7. The number of benzene rings is 2. The molecule has 0 fully saturated rings. The van der Waals surface area contributed by atoms with E-state index < -0.39 is 0 Å². The number of aromatic amines is 1. The molecule has 0 saturated heterocycles. The zero-order valence-corrected chi connectivity index (χ0v) is 12.4. The first-order chi connectivity index (χ1) is 10.3. The number of halogens is 1. The lowest BCUT2D eigenvalue weighted by Gasteiger charge is -2.04. The molecule has 1 N–H and O–H groups in total. The van der Waals surface area contributed by atoms with Gasteiger partial charge in [-0.3, -0.25) is 0 Å². The van der Waals surface area contributed by atoms with Crippen LogP contribution in [0.25, 0.3) is 21.7 Å². The predicted molar refractivity (Wildman–Crippen MR) is 87.0 cm³/mol. The monoisotopic (exact) mass is 311 g/mol. The van der Waals surface area contributed by atoms with Gasteiger partial charge in [-0.25, -0.2) is 0 Å². The van der Waals surface area contributed by atoms with Crippen LogP contribution in [0.15, 0.2) is 64.6 Å². The van der Waals surface area contributed by atoms with Crippen LogP contribution in [-0.2, 0) is 0 Å². The Morgan fingerprint density at radius 3 is 2.52 bits per heavy atom. The summed E-state index contributed by atoms with van der Waals surface area (Å²) < 4.78 is 0. The third kappa shape index (κ3) is 2.26. The molecule has 0 atom stereocenters. The third-order valence-corrected chi connectivity index (χ3v) is 4.53. The molecular weight excluding hydrogens is 302 g/mol. The van der Waals surface area contributed by atoms with Gasteiger partial charge in [0.15, 0.2) is 5.15 Å². The van der Waals surface area contributed by atoms with Crippen LogP contribution in [0.2, 0.25) is 5.15 Å². The number of hydrogen-bond donors (Lipinski definition) is 1. The Labute approximate surface area is 130 Å². The van der Waals surface area contributed by atoms with Crippen LogP contribution in [0.1, 0.15) is 0 Å². The van der Waals surface area contributed by atoms with Gasteiger partial charge in [0.25, 0.3) is 0 Å². The molecule has 2 aromatic carbocycles. The second-order valence-electron chi connectivity index (χ2n) is 4.66. The highest BCUT2D eigenvalue weighted by atomic mass is 35.5. The van der Waals surface area contributed by atoms with Crippen LogP contribution in [-0.4, -0.2) is 15.2 Å². The Balaban J connectivity index is 1.82. The molecule has 21 heavy (non-hydrogen) atoms. The van der Waals surface area contributed by atoms with E-state index in [0.717, 1.165) is 26.3 Å². The van der Waals surface area contributed by atoms with Gasteiger partial charge in [0.05, 0.1) is 5.03 Å². The van der Waals surface area contributed by atoms with E-state index in [1.165, 1.54) is 5.39 Å². The van der Waals surface area contributed by atoms with Crippen molar-refractivity contribution in [3.8, 4) is 0 Å². The van der Waals surface area contributed by atoms with E-state index in [0.29, 0.717) is 5.15 Å². The topological polar surface area (TPSA) is 41.6 Å². The highest BCUT2D eigenvalue weighted by molar-refractivity contribution is 7.99. The van der Waals surface area contributed by atoms with E-state index in [1.807, 2.05) is 36.4 Å². The smallest absolute Gasteiger partial charge is 0.159 e. The summed E-state index contributed by atoms with van der Waals surface area (Å²) in [5.41, 5.74) is 1.12. The minimum atomic E-state index is 0.437. The van der Waals surface area contributed by atoms with Crippen LogP contribution in [0.4, 0.5) is 0 Å². The van der Waals surface area contributed by atoms with Gasteiger partial charge < -0.3 is 4.98 Å². The van der Waals surface area contributed by atoms with Gasteiger partial charge in [0.2, 0.25) is 0 Å². The maximum Gasteiger partial charge on any atom is 0.159 e. The SMILES string of the molecule is Clc1nnc(Sc2cc3ccccc3[nH]2)c2ccccc12. The molecule has 2 aromatic heterocycles. The van der Waals surface area contributed by atoms with Gasteiger partial charge >= 0.3 is 0 Å². The van der Waals surface area contributed by atoms with E-state index in [1.54, 1.807) is 11.8 Å². The Morgan fingerprint density at radius 1 is 0.905 bits per heavy atom. The maximum atomic E-state index is 6.11. The predicted octanol–water partition coefficient (Wildman–Crippen LogP) is 4.92. The number of rotatable bonds is 2. The van der Waals surface area contributed by atoms with Crippen LogP contribution >= 0.6 is 23.4 Å². The zero-order chi connectivity index (χ0) is 14.2. The lowest BCUT2D eigenvalue weighted by Crippen LogP contribution is -1.89. The van der Waals surface area contributed by atoms with Crippen molar-refractivity contribution in [2.75, 3.05) is 0 Å². The Kier molecular flexibility index (Phi) is 3.05. The molecule has 0 aliphatic carbocycles. The third-order valence-electron chi connectivity index (χ3n) is 3.32. The number of fused-ring (bicyclic) bond motifs is 2. The van der Waals surface area contributed by atoms with Crippen LogP contribution in [0.3, 0.4) is 0 Å². The van der Waals surface area contributed by atoms with Crippen molar-refractivity contribution in [3.05, 3.63) is 59.8 Å². The van der Waals surface area contributed by atoms with Crippen LogP contribution in [0.5, 0.6) is 0 Å². The van der Waals surface area contributed by atoms with E-state index in [-0.39, 0.29) is 0 Å². The maximum absolute atomic E-state index is 6.11. The van der Waals surface area contributed by atoms with Crippen LogP contribution < -0.4 is 0 Å². The fourth-order valence-electron chi connectivity index (χ4n) is 2.33. The Hall–Kier alpha value is -2.04. The van der Waals surface area contributed by atoms with Crippen molar-refractivity contribution in [3.63, 3.8) is 0 Å². The summed E-state index contributed by atoms with van der Waals surface area (Å²) in [4.78, 5) is 3.39. The van der Waals surface area contributed by atoms with E-state index in [9.17, 15) is 0 Å². The van der Waals surface area contributed by atoms with Crippen molar-refractivity contribution < 1.29 is 0 Å². The molecule has 0 spiro atoms. The second-order valence-corrected chi connectivity index (χ2v) is 6.05. The summed E-state index contributed by atoms with van der Waals surface area (Å²) in [7, 11) is 0. The summed E-state index contributed by atoms with van der Waals surface area (Å²) in [6.07, 6.45) is 0. The van der Waals surface area contributed by atoms with Crippen LogP contribution in [0, 0.1) is 0 Å². The average molecular weight is 312 g/mol. The van der Waals surface area contributed by atoms with Gasteiger partial charge in [0, 0.05) is 21.7 Å². The van der Waals surface area contributed by atoms with Gasteiger partial charge in [-0.1, -0.05) is 54.1 Å². The number of nitrogens with zero attached hydrogens (tertiary/aromatic N) is 2. The highest BCUT2D eigenvalue weighted by Crippen LogP contribution is 2.34. The Bertz CT molecular complexity index is 915. The van der Waals surface area contributed by atoms with Gasteiger partial charge in [0.1, 0.15) is 5.03 Å². The lowest BCUT2D eigenvalue weighted by atomic mass is 10.2. The average Bonchev–Trinajstić information content (AvgIpc) is 2.93. The molecule has 4 aromatic rings. The normalized spacial score (nSPS) is 11.3. The molecule has 0 radical (unpaired) electrons. The first-order valence-electron chi connectivity index (χ1n) is 6.48. The number of H-pyrrole nitrogens is 1. The molecule has 4 rings (SSSR count). The van der Waals surface area contributed by atoms with Gasteiger partial charge in [-0.2, -0.15) is 0 Å². The summed E-state index contributed by atoms with van der Waals surface area (Å²) in [6, 6.07) is 18.2. The van der Waals surface area contributed by atoms with E-state index in [2.05, 4.69) is 33.4 Å². The van der Waals surface area contributed by atoms with Crippen molar-refractivity contribution in [2.24, 2.45) is 0 Å². The molecule has 3 nitrogen and oxygen atoms in total. The summed E-state index contributed by atoms with van der Waals surface area (Å²) in [6.45, 7) is 0. The molecule has 0 amide bonds. The van der Waals surface area contributed by atoms with Crippen molar-refractivity contribution in [2.45, 2.75) is 10.1 Å². The second kappa shape index (κ2) is 5.06. The highest BCUT2D eigenvalue weighted by Gasteiger charge is 2.10. The largest absolute Gasteiger partial charge is 0.349 e. The summed E-state index contributed by atoms with van der Waals surface area (Å²) in [5, 5.41) is 13.7. The number of hydrogen-bond acceptors (Lipinski definition) is 3. The molecule has 0 bridgehead atoms. The van der Waals surface area contributed by atoms with E-state index >= 15 is 0 Å². The van der Waals surface area contributed by atoms with Gasteiger partial charge in [-0.15, -0.1) is 10.2 Å². The zero-order valence-electron chi connectivity index (χ0n) is 10.9. The summed E-state index contributed by atoms with van der Waals surface area (Å²) >= 11 is 7.67. The minimum absolute atomic E-state index is 0.437. The van der Waals surface area contributed by atoms with E-state index in [4.69, 9.17) is 11.6 Å². The van der Waals surface area contributed by atoms with Crippen molar-refractivity contribution in [1.82, 2.24) is 15.2 Å². The number of aromatic nitrogens is 3. The standard InChI is InChI=1S/C16H10ClN3S/c17-15-11-6-2-3-7-12(11)16(20-19-15)21-14-9-10-5-1-4-8-13(10)18-14/h1-9,18H. The molecule has 5 heteroatoms. The number of para-hydroxylation sites is 1. The molecule has 0 unspecified atom stereocenters. The lowest BCUT2D eigenvalue weighted by molar-refractivity contribution is 0.954.